The number of aromatic nitrogens is 6. The number of rotatable bonds is 6. The monoisotopic (exact) mass is 342 g/mol. The van der Waals surface area contributed by atoms with Crippen LogP contribution in [0.5, 0.6) is 0 Å². The molecule has 2 aliphatic rings. The lowest BCUT2D eigenvalue weighted by atomic mass is 10.0. The molecule has 0 aromatic carbocycles. The Labute approximate surface area is 143 Å². The van der Waals surface area contributed by atoms with Crippen LogP contribution in [0.2, 0.25) is 0 Å². The Morgan fingerprint density at radius 3 is 2.88 bits per heavy atom. The Hall–Kier alpha value is -2.13. The van der Waals surface area contributed by atoms with Gasteiger partial charge in [0.1, 0.15) is 5.82 Å². The molecule has 0 unspecified atom stereocenters. The van der Waals surface area contributed by atoms with Crippen molar-refractivity contribution in [1.82, 2.24) is 34.7 Å². The summed E-state index contributed by atoms with van der Waals surface area (Å²) in [6.07, 6.45) is 2.41. The fourth-order valence-electron chi connectivity index (χ4n) is 3.11. The second kappa shape index (κ2) is 5.75. The van der Waals surface area contributed by atoms with Crippen molar-refractivity contribution < 1.29 is 0 Å². The molecule has 1 N–H and O–H groups in total. The topological polar surface area (TPSA) is 84.1 Å². The Morgan fingerprint density at radius 2 is 2.08 bits per heavy atom. The third-order valence-electron chi connectivity index (χ3n) is 4.64. The van der Waals surface area contributed by atoms with Crippen LogP contribution >= 0.6 is 11.5 Å². The van der Waals surface area contributed by atoms with E-state index in [-0.39, 0.29) is 0 Å². The fraction of sp³-hybridized carbons (Fsp3) is 0.533. The number of nitrogens with zero attached hydrogens (tertiary/aromatic N) is 7. The number of fused-ring (bicyclic) bond motifs is 1. The average Bonchev–Trinajstić information content (AvgIpc) is 3.10. The molecular weight excluding hydrogens is 324 g/mol. The normalized spacial score (nSPS) is 18.2. The van der Waals surface area contributed by atoms with E-state index in [1.807, 2.05) is 22.0 Å². The number of hydrogen-bond acceptors (Lipinski definition) is 8. The van der Waals surface area contributed by atoms with Gasteiger partial charge in [-0.15, -0.1) is 20.4 Å². The summed E-state index contributed by atoms with van der Waals surface area (Å²) in [5.41, 5.74) is 1.86. The van der Waals surface area contributed by atoms with E-state index in [4.69, 9.17) is 5.10 Å². The van der Waals surface area contributed by atoms with E-state index < -0.39 is 0 Å². The summed E-state index contributed by atoms with van der Waals surface area (Å²) in [5.74, 6) is 3.24. The predicted molar refractivity (Wildman–Crippen MR) is 90.1 cm³/mol. The summed E-state index contributed by atoms with van der Waals surface area (Å²) in [5, 5.41) is 22.7. The summed E-state index contributed by atoms with van der Waals surface area (Å²) >= 11 is 1.39. The van der Waals surface area contributed by atoms with Crippen molar-refractivity contribution in [2.75, 3.05) is 24.5 Å². The van der Waals surface area contributed by atoms with Gasteiger partial charge in [-0.3, -0.25) is 0 Å². The highest BCUT2D eigenvalue weighted by Crippen LogP contribution is 2.38. The van der Waals surface area contributed by atoms with Gasteiger partial charge < -0.3 is 10.2 Å². The van der Waals surface area contributed by atoms with E-state index in [1.165, 1.54) is 24.4 Å². The van der Waals surface area contributed by atoms with Crippen LogP contribution in [0.25, 0.3) is 5.65 Å². The van der Waals surface area contributed by atoms with Gasteiger partial charge in [-0.1, -0.05) is 4.49 Å². The Morgan fingerprint density at radius 1 is 1.17 bits per heavy atom. The van der Waals surface area contributed by atoms with E-state index >= 15 is 0 Å². The molecular formula is C15H18N8S. The molecule has 0 spiro atoms. The third-order valence-corrected chi connectivity index (χ3v) is 5.19. The molecule has 1 saturated heterocycles. The van der Waals surface area contributed by atoms with E-state index in [0.717, 1.165) is 49.2 Å². The minimum absolute atomic E-state index is 0.552. The van der Waals surface area contributed by atoms with Gasteiger partial charge in [0.25, 0.3) is 0 Å². The quantitative estimate of drug-likeness (QED) is 0.717. The number of hydrogen-bond donors (Lipinski definition) is 1. The van der Waals surface area contributed by atoms with Crippen molar-refractivity contribution in [2.45, 2.75) is 25.3 Å². The molecule has 2 fully saturated rings. The molecule has 3 aromatic heterocycles. The first-order valence-electron chi connectivity index (χ1n) is 8.31. The molecule has 1 aliphatic carbocycles. The van der Waals surface area contributed by atoms with Crippen molar-refractivity contribution >= 4 is 23.0 Å². The summed E-state index contributed by atoms with van der Waals surface area (Å²) in [6.45, 7) is 3.85. The van der Waals surface area contributed by atoms with Gasteiger partial charge in [-0.2, -0.15) is 4.52 Å². The molecule has 0 radical (unpaired) electrons. The van der Waals surface area contributed by atoms with Gasteiger partial charge in [0.2, 0.25) is 0 Å². The van der Waals surface area contributed by atoms with Crippen molar-refractivity contribution in [2.24, 2.45) is 5.92 Å². The molecule has 3 aromatic rings. The zero-order chi connectivity index (χ0) is 15.9. The van der Waals surface area contributed by atoms with Crippen LogP contribution in [-0.4, -0.2) is 49.0 Å². The summed E-state index contributed by atoms with van der Waals surface area (Å²) in [6, 6.07) is 4.06. The molecule has 9 heteroatoms. The molecule has 124 valence electrons. The lowest BCUT2D eigenvalue weighted by Gasteiger charge is -2.40. The highest BCUT2D eigenvalue weighted by molar-refractivity contribution is 7.03. The molecule has 4 heterocycles. The van der Waals surface area contributed by atoms with Crippen LogP contribution in [0.4, 0.5) is 5.82 Å². The first kappa shape index (κ1) is 14.2. The predicted octanol–water partition coefficient (Wildman–Crippen LogP) is 1.08. The van der Waals surface area contributed by atoms with E-state index in [0.29, 0.717) is 11.8 Å². The summed E-state index contributed by atoms with van der Waals surface area (Å²) in [7, 11) is 0. The first-order valence-corrected chi connectivity index (χ1v) is 9.14. The molecule has 1 aliphatic heterocycles. The second-order valence-electron chi connectivity index (χ2n) is 6.59. The highest BCUT2D eigenvalue weighted by atomic mass is 32.1. The van der Waals surface area contributed by atoms with Crippen molar-refractivity contribution in [3.63, 3.8) is 0 Å². The smallest absolute Gasteiger partial charge is 0.178 e. The minimum atomic E-state index is 0.552. The van der Waals surface area contributed by atoms with Gasteiger partial charge in [0.05, 0.1) is 5.69 Å². The zero-order valence-corrected chi connectivity index (χ0v) is 14.0. The molecule has 0 atom stereocenters. The van der Waals surface area contributed by atoms with Crippen molar-refractivity contribution in [3.05, 3.63) is 29.0 Å². The Kier molecular flexibility index (Phi) is 3.41. The van der Waals surface area contributed by atoms with Gasteiger partial charge in [-0.25, -0.2) is 0 Å². The molecule has 8 nitrogen and oxygen atoms in total. The Balaban J connectivity index is 1.19. The maximum absolute atomic E-state index is 4.75. The van der Waals surface area contributed by atoms with Gasteiger partial charge in [-0.05, 0) is 36.5 Å². The SMILES string of the molecule is c1snnc1CNCC1CN(c2ccc3nnc(C4CC4)n3n2)C1. The van der Waals surface area contributed by atoms with Crippen molar-refractivity contribution in [1.29, 1.82) is 0 Å². The molecule has 1 saturated carbocycles. The maximum atomic E-state index is 4.75. The zero-order valence-electron chi connectivity index (χ0n) is 13.2. The van der Waals surface area contributed by atoms with Gasteiger partial charge >= 0.3 is 0 Å². The van der Waals surface area contributed by atoms with Crippen LogP contribution in [-0.2, 0) is 6.54 Å². The first-order chi connectivity index (χ1) is 11.9. The highest BCUT2D eigenvalue weighted by Gasteiger charge is 2.31. The lowest BCUT2D eigenvalue weighted by Crippen LogP contribution is -2.51. The largest absolute Gasteiger partial charge is 0.354 e. The molecule has 0 bridgehead atoms. The van der Waals surface area contributed by atoms with E-state index in [9.17, 15) is 0 Å². The van der Waals surface area contributed by atoms with E-state index in [1.54, 1.807) is 0 Å². The van der Waals surface area contributed by atoms with Crippen molar-refractivity contribution in [3.8, 4) is 0 Å². The lowest BCUT2D eigenvalue weighted by molar-refractivity contribution is 0.380. The van der Waals surface area contributed by atoms with Crippen LogP contribution in [0.3, 0.4) is 0 Å². The number of nitrogens with one attached hydrogen (secondary N) is 1. The Bertz CT molecular complexity index is 834. The second-order valence-corrected chi connectivity index (χ2v) is 7.20. The standard InChI is InChI=1S/C15H18N8S/c1-2-11(1)15-19-18-13-3-4-14(20-23(13)15)22-7-10(8-22)5-16-6-12-9-24-21-17-12/h3-4,9-11,16H,1-2,5-8H2. The van der Waals surface area contributed by atoms with E-state index in [2.05, 4.69) is 30.0 Å². The third kappa shape index (κ3) is 2.63. The summed E-state index contributed by atoms with van der Waals surface area (Å²) in [4.78, 5) is 2.31. The van der Waals surface area contributed by atoms with Crippen LogP contribution < -0.4 is 10.2 Å². The van der Waals surface area contributed by atoms with Crippen LogP contribution in [0.15, 0.2) is 17.5 Å². The minimum Gasteiger partial charge on any atom is -0.354 e. The summed E-state index contributed by atoms with van der Waals surface area (Å²) < 4.78 is 5.80. The molecule has 24 heavy (non-hydrogen) atoms. The van der Waals surface area contributed by atoms with Gasteiger partial charge in [0, 0.05) is 43.4 Å². The van der Waals surface area contributed by atoms with Crippen LogP contribution in [0.1, 0.15) is 30.3 Å². The average molecular weight is 342 g/mol. The van der Waals surface area contributed by atoms with Gasteiger partial charge in [0.15, 0.2) is 11.5 Å². The van der Waals surface area contributed by atoms with Crippen LogP contribution in [0, 0.1) is 5.92 Å². The maximum Gasteiger partial charge on any atom is 0.178 e. The molecule has 5 rings (SSSR count). The molecule has 0 amide bonds. The number of anilines is 1. The fourth-order valence-corrected chi connectivity index (χ4v) is 3.56.